The van der Waals surface area contributed by atoms with Gasteiger partial charge in [0.1, 0.15) is 11.4 Å². The molecule has 0 saturated carbocycles. The number of hydrogen-bond acceptors (Lipinski definition) is 6. The Bertz CT molecular complexity index is 776. The minimum Gasteiger partial charge on any atom is -0.467 e. The first kappa shape index (κ1) is 25.9. The molecule has 32 heavy (non-hydrogen) atoms. The normalized spacial score (nSPS) is 20.3. The Labute approximate surface area is 191 Å². The van der Waals surface area contributed by atoms with Crippen molar-refractivity contribution < 1.29 is 28.9 Å². The smallest absolute Gasteiger partial charge is 0.410 e. The zero-order chi connectivity index (χ0) is 23.9. The number of carbonyl (C=O) groups is 2. The Hall–Kier alpha value is -2.32. The summed E-state index contributed by atoms with van der Waals surface area (Å²) in [4.78, 5) is 27.1. The van der Waals surface area contributed by atoms with Crippen molar-refractivity contribution in [2.45, 2.75) is 77.5 Å². The predicted molar refractivity (Wildman–Crippen MR) is 122 cm³/mol. The van der Waals surface area contributed by atoms with Crippen molar-refractivity contribution in [3.05, 3.63) is 29.3 Å². The van der Waals surface area contributed by atoms with Gasteiger partial charge in [0.2, 0.25) is 0 Å². The SMILES string of the molecule is CCC(C)c1cc(C(=O)N[C@@H]2CN(C(=O)OC(C)(C)C)CCC[C@H]2O)ccc1OCOC. The second kappa shape index (κ2) is 11.5. The maximum atomic E-state index is 13.0. The molecule has 0 radical (unpaired) electrons. The summed E-state index contributed by atoms with van der Waals surface area (Å²) >= 11 is 0. The number of aliphatic hydroxyl groups excluding tert-OH is 1. The molecule has 1 aromatic rings. The van der Waals surface area contributed by atoms with E-state index >= 15 is 0 Å². The molecule has 0 aliphatic carbocycles. The number of rotatable bonds is 7. The number of benzene rings is 1. The van der Waals surface area contributed by atoms with E-state index in [1.54, 1.807) is 24.1 Å². The van der Waals surface area contributed by atoms with Gasteiger partial charge in [0.25, 0.3) is 5.91 Å². The maximum absolute atomic E-state index is 13.0. The molecule has 1 saturated heterocycles. The van der Waals surface area contributed by atoms with Crippen molar-refractivity contribution in [2.24, 2.45) is 0 Å². The van der Waals surface area contributed by atoms with E-state index in [1.165, 1.54) is 0 Å². The van der Waals surface area contributed by atoms with Gasteiger partial charge in [-0.15, -0.1) is 0 Å². The van der Waals surface area contributed by atoms with E-state index in [9.17, 15) is 14.7 Å². The second-order valence-electron chi connectivity index (χ2n) is 9.33. The summed E-state index contributed by atoms with van der Waals surface area (Å²) in [5.41, 5.74) is 0.791. The van der Waals surface area contributed by atoms with Crippen molar-refractivity contribution in [3.63, 3.8) is 0 Å². The van der Waals surface area contributed by atoms with E-state index < -0.39 is 23.8 Å². The summed E-state index contributed by atoms with van der Waals surface area (Å²) in [7, 11) is 1.56. The predicted octanol–water partition coefficient (Wildman–Crippen LogP) is 3.67. The Morgan fingerprint density at radius 1 is 1.31 bits per heavy atom. The van der Waals surface area contributed by atoms with Gasteiger partial charge in [-0.1, -0.05) is 13.8 Å². The minimum atomic E-state index is -0.746. The first-order valence-corrected chi connectivity index (χ1v) is 11.3. The maximum Gasteiger partial charge on any atom is 0.410 e. The molecule has 8 heteroatoms. The van der Waals surface area contributed by atoms with Crippen LogP contribution in [0.5, 0.6) is 5.75 Å². The fourth-order valence-electron chi connectivity index (χ4n) is 3.58. The lowest BCUT2D eigenvalue weighted by molar-refractivity contribution is 0.0223. The monoisotopic (exact) mass is 450 g/mol. The van der Waals surface area contributed by atoms with Gasteiger partial charge in [0.15, 0.2) is 6.79 Å². The Balaban J connectivity index is 2.17. The van der Waals surface area contributed by atoms with Gasteiger partial charge >= 0.3 is 6.09 Å². The van der Waals surface area contributed by atoms with E-state index in [2.05, 4.69) is 19.2 Å². The molecule has 1 aromatic carbocycles. The third-order valence-corrected chi connectivity index (χ3v) is 5.53. The molecule has 2 amide bonds. The van der Waals surface area contributed by atoms with E-state index in [1.807, 2.05) is 26.8 Å². The molecule has 1 aliphatic heterocycles. The molecule has 180 valence electrons. The summed E-state index contributed by atoms with van der Waals surface area (Å²) in [6, 6.07) is 4.70. The molecule has 2 N–H and O–H groups in total. The number of hydrogen-bond donors (Lipinski definition) is 2. The van der Waals surface area contributed by atoms with Gasteiger partial charge in [-0.05, 0) is 69.7 Å². The Morgan fingerprint density at radius 3 is 2.66 bits per heavy atom. The van der Waals surface area contributed by atoms with Crippen LogP contribution in [0, 0.1) is 0 Å². The van der Waals surface area contributed by atoms with Gasteiger partial charge in [-0.25, -0.2) is 4.79 Å². The van der Waals surface area contributed by atoms with Gasteiger partial charge in [0, 0.05) is 25.8 Å². The average Bonchev–Trinajstić information content (AvgIpc) is 2.91. The number of methoxy groups -OCH3 is 1. The molecule has 0 aromatic heterocycles. The highest BCUT2D eigenvalue weighted by Crippen LogP contribution is 2.30. The highest BCUT2D eigenvalue weighted by Gasteiger charge is 2.32. The highest BCUT2D eigenvalue weighted by molar-refractivity contribution is 5.95. The molecular formula is C24H38N2O6. The van der Waals surface area contributed by atoms with E-state index in [0.29, 0.717) is 30.7 Å². The van der Waals surface area contributed by atoms with Crippen LogP contribution in [0.4, 0.5) is 4.79 Å². The molecule has 3 atom stereocenters. The van der Waals surface area contributed by atoms with E-state index in [-0.39, 0.29) is 25.2 Å². The topological polar surface area (TPSA) is 97.3 Å². The third-order valence-electron chi connectivity index (χ3n) is 5.53. The van der Waals surface area contributed by atoms with Crippen molar-refractivity contribution in [1.29, 1.82) is 0 Å². The molecule has 1 unspecified atom stereocenters. The van der Waals surface area contributed by atoms with Crippen LogP contribution in [0.1, 0.15) is 75.7 Å². The lowest BCUT2D eigenvalue weighted by atomic mass is 9.95. The minimum absolute atomic E-state index is 0.129. The van der Waals surface area contributed by atoms with Crippen molar-refractivity contribution >= 4 is 12.0 Å². The summed E-state index contributed by atoms with van der Waals surface area (Å²) in [6.07, 6.45) is 0.831. The number of likely N-dealkylation sites (tertiary alicyclic amines) is 1. The molecule has 0 spiro atoms. The fraction of sp³-hybridized carbons (Fsp3) is 0.667. The molecule has 0 bridgehead atoms. The number of nitrogens with zero attached hydrogens (tertiary/aromatic N) is 1. The second-order valence-corrected chi connectivity index (χ2v) is 9.33. The lowest BCUT2D eigenvalue weighted by Crippen LogP contribution is -2.50. The zero-order valence-electron chi connectivity index (χ0n) is 20.1. The van der Waals surface area contributed by atoms with Gasteiger partial charge in [-0.3, -0.25) is 4.79 Å². The molecule has 1 aliphatic rings. The average molecular weight is 451 g/mol. The van der Waals surface area contributed by atoms with Gasteiger partial charge < -0.3 is 29.5 Å². The number of ether oxygens (including phenoxy) is 3. The molecule has 1 heterocycles. The van der Waals surface area contributed by atoms with E-state index in [4.69, 9.17) is 14.2 Å². The third kappa shape index (κ3) is 7.38. The zero-order valence-corrected chi connectivity index (χ0v) is 20.1. The van der Waals surface area contributed by atoms with Crippen LogP contribution in [-0.2, 0) is 9.47 Å². The van der Waals surface area contributed by atoms with Crippen LogP contribution >= 0.6 is 0 Å². The standard InChI is InChI=1S/C24H38N2O6/c1-7-16(2)18-13-17(10-11-21(18)31-15-30-6)22(28)25-19-14-26(12-8-9-20(19)27)23(29)32-24(3,4)5/h10-11,13,16,19-20,27H,7-9,12,14-15H2,1-6H3,(H,25,28)/t16?,19-,20-/m1/s1. The summed E-state index contributed by atoms with van der Waals surface area (Å²) in [5, 5.41) is 13.5. The number of carbonyl (C=O) groups excluding carboxylic acids is 2. The lowest BCUT2D eigenvalue weighted by Gasteiger charge is -2.29. The number of nitrogens with one attached hydrogen (secondary N) is 1. The van der Waals surface area contributed by atoms with Crippen LogP contribution in [0.15, 0.2) is 18.2 Å². The van der Waals surface area contributed by atoms with Crippen molar-refractivity contribution in [3.8, 4) is 5.75 Å². The number of amides is 2. The largest absolute Gasteiger partial charge is 0.467 e. The van der Waals surface area contributed by atoms with Gasteiger partial charge in [0.05, 0.1) is 12.1 Å². The summed E-state index contributed by atoms with van der Waals surface area (Å²) < 4.78 is 16.1. The molecule has 1 fully saturated rings. The first-order valence-electron chi connectivity index (χ1n) is 11.3. The first-order chi connectivity index (χ1) is 15.1. The van der Waals surface area contributed by atoms with Gasteiger partial charge in [-0.2, -0.15) is 0 Å². The molecule has 2 rings (SSSR count). The fourth-order valence-corrected chi connectivity index (χ4v) is 3.58. The van der Waals surface area contributed by atoms with Crippen LogP contribution in [-0.4, -0.2) is 66.7 Å². The summed E-state index contributed by atoms with van der Waals surface area (Å²) in [6.45, 7) is 10.4. The van der Waals surface area contributed by atoms with Crippen molar-refractivity contribution in [2.75, 3.05) is 27.0 Å². The molecular weight excluding hydrogens is 412 g/mol. The Kier molecular flexibility index (Phi) is 9.33. The quantitative estimate of drug-likeness (QED) is 0.615. The van der Waals surface area contributed by atoms with Crippen LogP contribution in [0.2, 0.25) is 0 Å². The molecule has 8 nitrogen and oxygen atoms in total. The summed E-state index contributed by atoms with van der Waals surface area (Å²) in [5.74, 6) is 0.576. The van der Waals surface area contributed by atoms with Crippen LogP contribution in [0.25, 0.3) is 0 Å². The Morgan fingerprint density at radius 2 is 2.03 bits per heavy atom. The van der Waals surface area contributed by atoms with Crippen molar-refractivity contribution in [1.82, 2.24) is 10.2 Å². The van der Waals surface area contributed by atoms with Crippen LogP contribution in [0.3, 0.4) is 0 Å². The number of aliphatic hydroxyl groups is 1. The van der Waals surface area contributed by atoms with Crippen LogP contribution < -0.4 is 10.1 Å². The van der Waals surface area contributed by atoms with E-state index in [0.717, 1.165) is 12.0 Å². The highest BCUT2D eigenvalue weighted by atomic mass is 16.7.